The summed E-state index contributed by atoms with van der Waals surface area (Å²) in [6.45, 7) is 5.75. The number of rotatable bonds is 4. The molecule has 0 aliphatic heterocycles. The first-order chi connectivity index (χ1) is 8.13. The van der Waals surface area contributed by atoms with Crippen molar-refractivity contribution >= 4 is 5.82 Å². The molecule has 0 aromatic carbocycles. The summed E-state index contributed by atoms with van der Waals surface area (Å²) in [4.78, 5) is 0. The fourth-order valence-corrected chi connectivity index (χ4v) is 1.48. The smallest absolute Gasteiger partial charge is 0.167 e. The Balaban J connectivity index is 3.04. The van der Waals surface area contributed by atoms with E-state index in [1.54, 1.807) is 0 Å². The second-order valence-corrected chi connectivity index (χ2v) is 3.90. The lowest BCUT2D eigenvalue weighted by Crippen LogP contribution is -2.20. The van der Waals surface area contributed by atoms with Crippen LogP contribution in [-0.4, -0.2) is 16.2 Å². The molecule has 0 spiro atoms. The minimum atomic E-state index is 0.128. The molecule has 1 rings (SSSR count). The van der Waals surface area contributed by atoms with E-state index in [1.165, 1.54) is 0 Å². The number of nitrogens with one attached hydrogen (secondary N) is 1. The summed E-state index contributed by atoms with van der Waals surface area (Å²) in [6.07, 6.45) is 6.78. The molecule has 4 heteroatoms. The molecule has 0 amide bonds. The number of hydrogen-bond donors (Lipinski definition) is 1. The van der Waals surface area contributed by atoms with Crippen molar-refractivity contribution in [1.29, 1.82) is 5.26 Å². The van der Waals surface area contributed by atoms with Crippen molar-refractivity contribution in [2.24, 2.45) is 0 Å². The normalized spacial score (nSPS) is 11.4. The van der Waals surface area contributed by atoms with Crippen molar-refractivity contribution in [3.05, 3.63) is 16.8 Å². The lowest BCUT2D eigenvalue weighted by molar-refractivity contribution is 0.707. The molecule has 0 fully saturated rings. The Bertz CT molecular complexity index is 479. The summed E-state index contributed by atoms with van der Waals surface area (Å²) in [7, 11) is 0. The third-order valence-electron chi connectivity index (χ3n) is 2.76. The van der Waals surface area contributed by atoms with Crippen molar-refractivity contribution < 1.29 is 0 Å². The average molecular weight is 228 g/mol. The first kappa shape index (κ1) is 13.0. The minimum absolute atomic E-state index is 0.128. The van der Waals surface area contributed by atoms with E-state index in [0.29, 0.717) is 17.8 Å². The Morgan fingerprint density at radius 1 is 1.41 bits per heavy atom. The third-order valence-corrected chi connectivity index (χ3v) is 2.76. The van der Waals surface area contributed by atoms with Crippen LogP contribution < -0.4 is 5.32 Å². The highest BCUT2D eigenvalue weighted by atomic mass is 15.2. The maximum absolute atomic E-state index is 9.14. The molecule has 1 N–H and O–H groups in total. The number of terminal acetylenes is 1. The number of aromatic nitrogens is 2. The number of anilines is 1. The lowest BCUT2D eigenvalue weighted by atomic mass is 10.1. The van der Waals surface area contributed by atoms with Crippen LogP contribution in [0.2, 0.25) is 0 Å². The van der Waals surface area contributed by atoms with E-state index in [2.05, 4.69) is 27.5 Å². The van der Waals surface area contributed by atoms with E-state index in [-0.39, 0.29) is 6.04 Å². The fraction of sp³-hybridized carbons (Fsp3) is 0.462. The zero-order chi connectivity index (χ0) is 12.8. The van der Waals surface area contributed by atoms with Gasteiger partial charge in [0.2, 0.25) is 0 Å². The summed E-state index contributed by atoms with van der Waals surface area (Å²) < 4.78 is 0. The maximum Gasteiger partial charge on any atom is 0.167 e. The second kappa shape index (κ2) is 5.86. The van der Waals surface area contributed by atoms with E-state index in [0.717, 1.165) is 17.7 Å². The van der Waals surface area contributed by atoms with Crippen molar-refractivity contribution in [1.82, 2.24) is 10.2 Å². The van der Waals surface area contributed by atoms with E-state index >= 15 is 0 Å². The summed E-state index contributed by atoms with van der Waals surface area (Å²) in [5, 5.41) is 20.4. The first-order valence-electron chi connectivity index (χ1n) is 5.58. The van der Waals surface area contributed by atoms with E-state index in [9.17, 15) is 0 Å². The van der Waals surface area contributed by atoms with Gasteiger partial charge >= 0.3 is 0 Å². The topological polar surface area (TPSA) is 61.6 Å². The predicted molar refractivity (Wildman–Crippen MR) is 67.4 cm³/mol. The summed E-state index contributed by atoms with van der Waals surface area (Å²) in [5.74, 6) is 3.13. The number of aryl methyl sites for hydroxylation is 1. The zero-order valence-electron chi connectivity index (χ0n) is 10.4. The van der Waals surface area contributed by atoms with E-state index in [4.69, 9.17) is 11.7 Å². The minimum Gasteiger partial charge on any atom is -0.364 e. The Kier molecular flexibility index (Phi) is 4.48. The molecule has 1 heterocycles. The monoisotopic (exact) mass is 228 g/mol. The molecule has 4 nitrogen and oxygen atoms in total. The van der Waals surface area contributed by atoms with Crippen molar-refractivity contribution in [2.75, 3.05) is 5.32 Å². The van der Waals surface area contributed by atoms with Crippen molar-refractivity contribution in [3.8, 4) is 18.4 Å². The maximum atomic E-state index is 9.14. The Morgan fingerprint density at radius 3 is 2.65 bits per heavy atom. The predicted octanol–water partition coefficient (Wildman–Crippen LogP) is 2.18. The molecule has 0 saturated carbocycles. The molecule has 0 aliphatic rings. The van der Waals surface area contributed by atoms with Gasteiger partial charge < -0.3 is 5.32 Å². The van der Waals surface area contributed by atoms with Gasteiger partial charge in [0, 0.05) is 12.5 Å². The molecule has 1 aromatic heterocycles. The van der Waals surface area contributed by atoms with Gasteiger partial charge in [0.15, 0.2) is 5.82 Å². The van der Waals surface area contributed by atoms with Crippen LogP contribution in [0.25, 0.3) is 0 Å². The average Bonchev–Trinajstić information content (AvgIpc) is 2.33. The highest BCUT2D eigenvalue weighted by Gasteiger charge is 2.13. The molecule has 0 saturated heterocycles. The Hall–Kier alpha value is -2.07. The van der Waals surface area contributed by atoms with Gasteiger partial charge in [0.05, 0.1) is 5.69 Å². The Labute approximate surface area is 102 Å². The number of nitriles is 1. The fourth-order valence-electron chi connectivity index (χ4n) is 1.48. The van der Waals surface area contributed by atoms with Gasteiger partial charge in [-0.2, -0.15) is 10.4 Å². The highest BCUT2D eigenvalue weighted by Crippen LogP contribution is 2.18. The standard InChI is InChI=1S/C13H16N4/c1-5-7-11(6-2)15-13-12(8-14)9(3)10(4)16-17-13/h1,11H,6-7H2,2-4H3,(H,15,17). The van der Waals surface area contributed by atoms with E-state index < -0.39 is 0 Å². The van der Waals surface area contributed by atoms with Gasteiger partial charge in [-0.05, 0) is 25.8 Å². The molecular formula is C13H16N4. The second-order valence-electron chi connectivity index (χ2n) is 3.90. The van der Waals surface area contributed by atoms with Crippen LogP contribution in [0.5, 0.6) is 0 Å². The number of nitrogens with zero attached hydrogens (tertiary/aromatic N) is 3. The van der Waals surface area contributed by atoms with Crippen LogP contribution in [-0.2, 0) is 0 Å². The number of hydrogen-bond acceptors (Lipinski definition) is 4. The molecule has 0 radical (unpaired) electrons. The van der Waals surface area contributed by atoms with Crippen molar-refractivity contribution in [3.63, 3.8) is 0 Å². The van der Waals surface area contributed by atoms with Gasteiger partial charge in [-0.1, -0.05) is 6.92 Å². The van der Waals surface area contributed by atoms with Crippen molar-refractivity contribution in [2.45, 2.75) is 39.7 Å². The highest BCUT2D eigenvalue weighted by molar-refractivity contribution is 5.56. The van der Waals surface area contributed by atoms with Crippen LogP contribution in [0.1, 0.15) is 36.6 Å². The van der Waals surface area contributed by atoms with E-state index in [1.807, 2.05) is 20.8 Å². The molecule has 1 unspecified atom stereocenters. The van der Waals surface area contributed by atoms with Gasteiger partial charge in [0.25, 0.3) is 0 Å². The molecular weight excluding hydrogens is 212 g/mol. The molecule has 0 bridgehead atoms. The zero-order valence-corrected chi connectivity index (χ0v) is 10.4. The van der Waals surface area contributed by atoms with Crippen LogP contribution in [0, 0.1) is 37.5 Å². The molecule has 1 aromatic rings. The quantitative estimate of drug-likeness (QED) is 0.802. The van der Waals surface area contributed by atoms with Gasteiger partial charge in [-0.25, -0.2) is 0 Å². The molecule has 88 valence electrons. The lowest BCUT2D eigenvalue weighted by Gasteiger charge is -2.16. The summed E-state index contributed by atoms with van der Waals surface area (Å²) in [5.41, 5.74) is 2.19. The van der Waals surface area contributed by atoms with Crippen LogP contribution >= 0.6 is 0 Å². The molecule has 17 heavy (non-hydrogen) atoms. The SMILES string of the molecule is C#CCC(CC)Nc1nnc(C)c(C)c1C#N. The molecule has 0 aliphatic carbocycles. The largest absolute Gasteiger partial charge is 0.364 e. The van der Waals surface area contributed by atoms with Crippen LogP contribution in [0.15, 0.2) is 0 Å². The van der Waals surface area contributed by atoms with Crippen LogP contribution in [0.4, 0.5) is 5.82 Å². The van der Waals surface area contributed by atoms with Crippen LogP contribution in [0.3, 0.4) is 0 Å². The summed E-state index contributed by atoms with van der Waals surface area (Å²) in [6, 6.07) is 2.29. The first-order valence-corrected chi connectivity index (χ1v) is 5.58. The van der Waals surface area contributed by atoms with Gasteiger partial charge in [-0.15, -0.1) is 17.4 Å². The third kappa shape index (κ3) is 2.95. The Morgan fingerprint density at radius 2 is 2.12 bits per heavy atom. The summed E-state index contributed by atoms with van der Waals surface area (Å²) >= 11 is 0. The van der Waals surface area contributed by atoms with Gasteiger partial charge in [0.1, 0.15) is 11.6 Å². The molecule has 1 atom stereocenters. The van der Waals surface area contributed by atoms with Gasteiger partial charge in [-0.3, -0.25) is 0 Å².